The summed E-state index contributed by atoms with van der Waals surface area (Å²) in [4.78, 5) is 0. The van der Waals surface area contributed by atoms with E-state index in [-0.39, 0.29) is 11.5 Å². The van der Waals surface area contributed by atoms with Crippen molar-refractivity contribution >= 4 is 15.9 Å². The third-order valence-electron chi connectivity index (χ3n) is 1.43. The first kappa shape index (κ1) is 12.3. The van der Waals surface area contributed by atoms with Gasteiger partial charge in [0.2, 0.25) is 0 Å². The molecule has 0 spiro atoms. The molecule has 0 unspecified atom stereocenters. The van der Waals surface area contributed by atoms with E-state index in [0.29, 0.717) is 4.47 Å². The van der Waals surface area contributed by atoms with Crippen LogP contribution < -0.4 is 0 Å². The van der Waals surface area contributed by atoms with Crippen molar-refractivity contribution in [1.29, 1.82) is 0 Å². The topological polar surface area (TPSA) is 40.5 Å². The average molecular weight is 247 g/mol. The van der Waals surface area contributed by atoms with E-state index < -0.39 is 0 Å². The van der Waals surface area contributed by atoms with E-state index in [1.807, 2.05) is 0 Å². The monoisotopic (exact) mass is 246 g/mol. The van der Waals surface area contributed by atoms with Crippen LogP contribution in [0.1, 0.15) is 26.7 Å². The molecule has 0 fully saturated rings. The minimum atomic E-state index is 0.132. The van der Waals surface area contributed by atoms with Crippen molar-refractivity contribution in [3.8, 4) is 11.5 Å². The molecule has 2 N–H and O–H groups in total. The Morgan fingerprint density at radius 3 is 2.00 bits per heavy atom. The van der Waals surface area contributed by atoms with E-state index in [2.05, 4.69) is 29.8 Å². The molecule has 0 aliphatic rings. The lowest BCUT2D eigenvalue weighted by atomic mass is 10.3. The molecule has 13 heavy (non-hydrogen) atoms. The van der Waals surface area contributed by atoms with Gasteiger partial charge in [0.15, 0.2) is 0 Å². The standard InChI is InChI=1S/C6H5BrO2.C4H10/c7-5-3-4(8)1-2-6(5)9;1-3-4-2/h1-3,8-9H;3-4H2,1-2H3. The van der Waals surface area contributed by atoms with Crippen molar-refractivity contribution in [2.24, 2.45) is 0 Å². The van der Waals surface area contributed by atoms with E-state index in [0.717, 1.165) is 0 Å². The number of aromatic hydroxyl groups is 2. The zero-order valence-corrected chi connectivity index (χ0v) is 9.50. The Hall–Kier alpha value is -0.700. The largest absolute Gasteiger partial charge is 0.508 e. The van der Waals surface area contributed by atoms with Gasteiger partial charge in [-0.25, -0.2) is 0 Å². The Morgan fingerprint density at radius 1 is 1.15 bits per heavy atom. The maximum atomic E-state index is 8.89. The highest BCUT2D eigenvalue weighted by molar-refractivity contribution is 9.10. The van der Waals surface area contributed by atoms with Gasteiger partial charge in [-0.15, -0.1) is 0 Å². The van der Waals surface area contributed by atoms with Gasteiger partial charge >= 0.3 is 0 Å². The van der Waals surface area contributed by atoms with Crippen molar-refractivity contribution < 1.29 is 10.2 Å². The van der Waals surface area contributed by atoms with Crippen LogP contribution in [0.2, 0.25) is 0 Å². The summed E-state index contributed by atoms with van der Waals surface area (Å²) >= 11 is 3.04. The SMILES string of the molecule is CCCC.Oc1ccc(O)c(Br)c1. The fraction of sp³-hybridized carbons (Fsp3) is 0.400. The summed E-state index contributed by atoms with van der Waals surface area (Å²) in [6.45, 7) is 4.36. The minimum absolute atomic E-state index is 0.132. The molecule has 0 bridgehead atoms. The van der Waals surface area contributed by atoms with E-state index in [4.69, 9.17) is 10.2 Å². The maximum Gasteiger partial charge on any atom is 0.130 e. The molecule has 2 nitrogen and oxygen atoms in total. The molecule has 1 aromatic rings. The molecule has 0 saturated carbocycles. The van der Waals surface area contributed by atoms with Crippen molar-refractivity contribution in [3.05, 3.63) is 22.7 Å². The summed E-state index contributed by atoms with van der Waals surface area (Å²) in [6.07, 6.45) is 2.64. The normalized spacial score (nSPS) is 8.85. The third-order valence-corrected chi connectivity index (χ3v) is 2.07. The predicted molar refractivity (Wildman–Crippen MR) is 58.1 cm³/mol. The van der Waals surface area contributed by atoms with E-state index in [1.54, 1.807) is 0 Å². The van der Waals surface area contributed by atoms with Crippen molar-refractivity contribution in [2.45, 2.75) is 26.7 Å². The molecule has 0 aromatic heterocycles. The summed E-state index contributed by atoms with van der Waals surface area (Å²) in [6, 6.07) is 4.26. The van der Waals surface area contributed by atoms with Gasteiger partial charge in [-0.1, -0.05) is 26.7 Å². The number of benzene rings is 1. The van der Waals surface area contributed by atoms with Crippen LogP contribution in [0, 0.1) is 0 Å². The van der Waals surface area contributed by atoms with Crippen LogP contribution in [-0.2, 0) is 0 Å². The lowest BCUT2D eigenvalue weighted by Crippen LogP contribution is -1.66. The van der Waals surface area contributed by atoms with E-state index in [9.17, 15) is 0 Å². The third kappa shape index (κ3) is 5.53. The summed E-state index contributed by atoms with van der Waals surface area (Å²) in [5.41, 5.74) is 0. The minimum Gasteiger partial charge on any atom is -0.508 e. The zero-order valence-electron chi connectivity index (χ0n) is 7.92. The van der Waals surface area contributed by atoms with Crippen molar-refractivity contribution in [3.63, 3.8) is 0 Å². The van der Waals surface area contributed by atoms with Gasteiger partial charge in [-0.3, -0.25) is 0 Å². The van der Waals surface area contributed by atoms with Gasteiger partial charge in [0.05, 0.1) is 4.47 Å². The quantitative estimate of drug-likeness (QED) is 0.743. The smallest absolute Gasteiger partial charge is 0.130 e. The predicted octanol–water partition coefficient (Wildman–Crippen LogP) is 3.67. The second-order valence-electron chi connectivity index (χ2n) is 2.64. The van der Waals surface area contributed by atoms with Crippen LogP contribution in [0.25, 0.3) is 0 Å². The molecule has 0 heterocycles. The second kappa shape index (κ2) is 6.78. The van der Waals surface area contributed by atoms with Crippen LogP contribution in [0.4, 0.5) is 0 Å². The lowest BCUT2D eigenvalue weighted by Gasteiger charge is -1.94. The Kier molecular flexibility index (Phi) is 6.41. The van der Waals surface area contributed by atoms with Crippen LogP contribution in [0.3, 0.4) is 0 Å². The molecular formula is C10H15BrO2. The molecule has 0 amide bonds. The first-order valence-electron chi connectivity index (χ1n) is 4.29. The molecule has 1 rings (SSSR count). The zero-order chi connectivity index (χ0) is 10.3. The van der Waals surface area contributed by atoms with Crippen LogP contribution in [0.15, 0.2) is 22.7 Å². The van der Waals surface area contributed by atoms with Crippen LogP contribution in [0.5, 0.6) is 11.5 Å². The first-order valence-corrected chi connectivity index (χ1v) is 5.08. The van der Waals surface area contributed by atoms with Crippen molar-refractivity contribution in [2.75, 3.05) is 0 Å². The molecule has 0 saturated heterocycles. The van der Waals surface area contributed by atoms with Gasteiger partial charge in [-0.2, -0.15) is 0 Å². The van der Waals surface area contributed by atoms with Crippen molar-refractivity contribution in [1.82, 2.24) is 0 Å². The Balaban J connectivity index is 0.000000310. The number of hydrogen-bond acceptors (Lipinski definition) is 2. The van der Waals surface area contributed by atoms with Crippen LogP contribution >= 0.6 is 15.9 Å². The molecule has 0 atom stereocenters. The van der Waals surface area contributed by atoms with Gasteiger partial charge in [-0.05, 0) is 34.1 Å². The van der Waals surface area contributed by atoms with Gasteiger partial charge in [0.25, 0.3) is 0 Å². The van der Waals surface area contributed by atoms with Gasteiger partial charge < -0.3 is 10.2 Å². The summed E-state index contributed by atoms with van der Waals surface area (Å²) < 4.78 is 0.502. The Bertz CT molecular complexity index is 247. The highest BCUT2D eigenvalue weighted by atomic mass is 79.9. The number of rotatable bonds is 1. The summed E-state index contributed by atoms with van der Waals surface area (Å²) in [7, 11) is 0. The molecule has 3 heteroatoms. The Labute approximate surface area is 87.4 Å². The molecule has 0 radical (unpaired) electrons. The first-order chi connectivity index (χ1) is 6.11. The lowest BCUT2D eigenvalue weighted by molar-refractivity contribution is 0.457. The average Bonchev–Trinajstić information content (AvgIpc) is 2.12. The van der Waals surface area contributed by atoms with E-state index >= 15 is 0 Å². The number of hydrogen-bond donors (Lipinski definition) is 2. The fourth-order valence-corrected chi connectivity index (χ4v) is 0.863. The summed E-state index contributed by atoms with van der Waals surface area (Å²) in [5.74, 6) is 0.271. The molecule has 74 valence electrons. The number of unbranched alkanes of at least 4 members (excludes halogenated alkanes) is 1. The molecular weight excluding hydrogens is 232 g/mol. The Morgan fingerprint density at radius 2 is 1.69 bits per heavy atom. The van der Waals surface area contributed by atoms with Crippen LogP contribution in [-0.4, -0.2) is 10.2 Å². The number of halogens is 1. The van der Waals surface area contributed by atoms with Gasteiger partial charge in [0, 0.05) is 0 Å². The molecule has 1 aromatic carbocycles. The maximum absolute atomic E-state index is 8.89. The second-order valence-corrected chi connectivity index (χ2v) is 3.49. The fourth-order valence-electron chi connectivity index (χ4n) is 0.496. The number of phenolic OH excluding ortho intramolecular Hbond substituents is 2. The highest BCUT2D eigenvalue weighted by Crippen LogP contribution is 2.26. The number of phenols is 2. The molecule has 0 aliphatic carbocycles. The summed E-state index contributed by atoms with van der Waals surface area (Å²) in [5, 5.41) is 17.7. The van der Waals surface area contributed by atoms with Gasteiger partial charge in [0.1, 0.15) is 11.5 Å². The highest BCUT2D eigenvalue weighted by Gasteiger charge is 1.95. The van der Waals surface area contributed by atoms with E-state index in [1.165, 1.54) is 31.0 Å². The molecule has 0 aliphatic heterocycles.